The molecule has 3 fully saturated rings. The van der Waals surface area contributed by atoms with Crippen molar-refractivity contribution in [1.29, 1.82) is 0 Å². The quantitative estimate of drug-likeness (QED) is 0.717. The van der Waals surface area contributed by atoms with Gasteiger partial charge in [-0.1, -0.05) is 27.2 Å². The zero-order valence-corrected chi connectivity index (χ0v) is 14.8. The Morgan fingerprint density at radius 1 is 0.909 bits per heavy atom. The maximum Gasteiger partial charge on any atom is 0.0661 e. The molecule has 1 saturated heterocycles. The van der Waals surface area contributed by atoms with Crippen LogP contribution in [0.2, 0.25) is 0 Å². The van der Waals surface area contributed by atoms with Crippen molar-refractivity contribution in [2.24, 2.45) is 23.7 Å². The molecular formula is C19H34O3. The number of fused-ring (bicyclic) bond motifs is 3. The summed E-state index contributed by atoms with van der Waals surface area (Å²) in [6, 6.07) is 0. The fourth-order valence-electron chi connectivity index (χ4n) is 5.26. The summed E-state index contributed by atoms with van der Waals surface area (Å²) in [6.45, 7) is 7.81. The van der Waals surface area contributed by atoms with E-state index in [1.54, 1.807) is 0 Å². The number of hydrogen-bond donors (Lipinski definition) is 0. The van der Waals surface area contributed by atoms with Crippen LogP contribution in [0.5, 0.6) is 0 Å². The Kier molecular flexibility index (Phi) is 5.47. The third kappa shape index (κ3) is 2.97. The maximum absolute atomic E-state index is 6.60. The van der Waals surface area contributed by atoms with Crippen LogP contribution in [0.4, 0.5) is 0 Å². The van der Waals surface area contributed by atoms with Gasteiger partial charge in [-0.15, -0.1) is 0 Å². The summed E-state index contributed by atoms with van der Waals surface area (Å²) >= 11 is 0. The molecule has 128 valence electrons. The van der Waals surface area contributed by atoms with Crippen molar-refractivity contribution in [2.45, 2.75) is 83.7 Å². The summed E-state index contributed by atoms with van der Waals surface area (Å²) in [6.07, 6.45) is 8.99. The van der Waals surface area contributed by atoms with E-state index in [-0.39, 0.29) is 0 Å². The molecule has 3 heteroatoms. The minimum atomic E-state index is 0.383. The van der Waals surface area contributed by atoms with E-state index in [4.69, 9.17) is 14.2 Å². The van der Waals surface area contributed by atoms with Crippen LogP contribution in [0.25, 0.3) is 0 Å². The smallest absolute Gasteiger partial charge is 0.0661 e. The second-order valence-electron chi connectivity index (χ2n) is 7.80. The first-order valence-electron chi connectivity index (χ1n) is 9.47. The Balaban J connectivity index is 1.63. The van der Waals surface area contributed by atoms with Crippen LogP contribution in [-0.2, 0) is 14.2 Å². The first kappa shape index (κ1) is 16.7. The molecule has 0 aromatic rings. The van der Waals surface area contributed by atoms with Gasteiger partial charge in [-0.3, -0.25) is 0 Å². The maximum atomic E-state index is 6.60. The highest BCUT2D eigenvalue weighted by atomic mass is 16.5. The van der Waals surface area contributed by atoms with E-state index in [1.165, 1.54) is 38.5 Å². The van der Waals surface area contributed by atoms with Crippen molar-refractivity contribution in [3.8, 4) is 0 Å². The Morgan fingerprint density at radius 2 is 1.50 bits per heavy atom. The molecule has 8 unspecified atom stereocenters. The Morgan fingerprint density at radius 3 is 2.09 bits per heavy atom. The van der Waals surface area contributed by atoms with Crippen LogP contribution < -0.4 is 0 Å². The summed E-state index contributed by atoms with van der Waals surface area (Å²) in [4.78, 5) is 0. The molecule has 2 saturated carbocycles. The SMILES string of the molecule is CCCCOC1CCC2C3CCC(OC)C(C)C3OC2C1C. The van der Waals surface area contributed by atoms with Crippen molar-refractivity contribution in [3.05, 3.63) is 0 Å². The van der Waals surface area contributed by atoms with Gasteiger partial charge in [0.15, 0.2) is 0 Å². The van der Waals surface area contributed by atoms with E-state index in [0.29, 0.717) is 36.3 Å². The molecule has 3 nitrogen and oxygen atoms in total. The molecule has 0 amide bonds. The van der Waals surface area contributed by atoms with Crippen LogP contribution in [0.3, 0.4) is 0 Å². The normalized spacial score (nSPS) is 48.0. The molecule has 0 N–H and O–H groups in total. The fourth-order valence-corrected chi connectivity index (χ4v) is 5.26. The number of methoxy groups -OCH3 is 1. The molecule has 3 aliphatic rings. The van der Waals surface area contributed by atoms with Crippen molar-refractivity contribution in [1.82, 2.24) is 0 Å². The van der Waals surface area contributed by atoms with E-state index in [0.717, 1.165) is 18.4 Å². The van der Waals surface area contributed by atoms with Crippen LogP contribution in [0, 0.1) is 23.7 Å². The summed E-state index contributed by atoms with van der Waals surface area (Å²) < 4.78 is 18.4. The van der Waals surface area contributed by atoms with Crippen LogP contribution in [0.15, 0.2) is 0 Å². The lowest BCUT2D eigenvalue weighted by Crippen LogP contribution is -2.42. The second kappa shape index (κ2) is 7.19. The van der Waals surface area contributed by atoms with E-state index in [2.05, 4.69) is 20.8 Å². The molecule has 1 aliphatic heterocycles. The topological polar surface area (TPSA) is 27.7 Å². The summed E-state index contributed by atoms with van der Waals surface area (Å²) in [7, 11) is 1.85. The molecule has 3 rings (SSSR count). The van der Waals surface area contributed by atoms with Gasteiger partial charge in [-0.05, 0) is 43.9 Å². The van der Waals surface area contributed by atoms with E-state index in [9.17, 15) is 0 Å². The van der Waals surface area contributed by atoms with Crippen molar-refractivity contribution in [3.63, 3.8) is 0 Å². The second-order valence-corrected chi connectivity index (χ2v) is 7.80. The fraction of sp³-hybridized carbons (Fsp3) is 1.00. The minimum Gasteiger partial charge on any atom is -0.381 e. The first-order chi connectivity index (χ1) is 10.7. The molecule has 0 spiro atoms. The molecule has 2 aliphatic carbocycles. The van der Waals surface area contributed by atoms with Gasteiger partial charge >= 0.3 is 0 Å². The first-order valence-corrected chi connectivity index (χ1v) is 9.47. The number of ether oxygens (including phenoxy) is 3. The number of hydrogen-bond acceptors (Lipinski definition) is 3. The Hall–Kier alpha value is -0.120. The van der Waals surface area contributed by atoms with E-state index < -0.39 is 0 Å². The predicted octanol–water partition coefficient (Wildman–Crippen LogP) is 4.05. The Labute approximate surface area is 136 Å². The van der Waals surface area contributed by atoms with Crippen LogP contribution in [-0.4, -0.2) is 38.1 Å². The van der Waals surface area contributed by atoms with Crippen molar-refractivity contribution < 1.29 is 14.2 Å². The van der Waals surface area contributed by atoms with Crippen LogP contribution in [0.1, 0.15) is 59.3 Å². The number of unbranched alkanes of at least 4 members (excludes halogenated alkanes) is 1. The molecule has 0 radical (unpaired) electrons. The monoisotopic (exact) mass is 310 g/mol. The molecule has 1 heterocycles. The van der Waals surface area contributed by atoms with Gasteiger partial charge < -0.3 is 14.2 Å². The average molecular weight is 310 g/mol. The molecule has 22 heavy (non-hydrogen) atoms. The summed E-state index contributed by atoms with van der Waals surface area (Å²) in [5.41, 5.74) is 0. The molecule has 0 aromatic heterocycles. The van der Waals surface area contributed by atoms with Gasteiger partial charge in [0.25, 0.3) is 0 Å². The average Bonchev–Trinajstić information content (AvgIpc) is 2.91. The summed E-state index contributed by atoms with van der Waals surface area (Å²) in [5, 5.41) is 0. The molecule has 0 aromatic carbocycles. The number of rotatable bonds is 5. The lowest BCUT2D eigenvalue weighted by Gasteiger charge is -2.39. The highest BCUT2D eigenvalue weighted by Gasteiger charge is 2.54. The lowest BCUT2D eigenvalue weighted by atomic mass is 9.67. The molecular weight excluding hydrogens is 276 g/mol. The zero-order valence-electron chi connectivity index (χ0n) is 14.8. The largest absolute Gasteiger partial charge is 0.381 e. The van der Waals surface area contributed by atoms with E-state index in [1.807, 2.05) is 7.11 Å². The minimum absolute atomic E-state index is 0.383. The van der Waals surface area contributed by atoms with Crippen molar-refractivity contribution >= 4 is 0 Å². The Bertz CT molecular complexity index is 359. The highest BCUT2D eigenvalue weighted by Crippen LogP contribution is 2.51. The van der Waals surface area contributed by atoms with Gasteiger partial charge in [0, 0.05) is 25.6 Å². The predicted molar refractivity (Wildman–Crippen MR) is 87.9 cm³/mol. The van der Waals surface area contributed by atoms with Gasteiger partial charge in [-0.25, -0.2) is 0 Å². The van der Waals surface area contributed by atoms with Gasteiger partial charge in [-0.2, -0.15) is 0 Å². The highest BCUT2D eigenvalue weighted by molar-refractivity contribution is 5.02. The standard InChI is InChI=1S/C19H34O3/c1-5-6-11-21-17-10-8-15-14-7-9-16(20-4)12(2)18(14)22-19(15)13(17)3/h12-19H,5-11H2,1-4H3. The molecule has 8 atom stereocenters. The van der Waals surface area contributed by atoms with Gasteiger partial charge in [0.2, 0.25) is 0 Å². The third-order valence-corrected chi connectivity index (χ3v) is 6.62. The van der Waals surface area contributed by atoms with Gasteiger partial charge in [0.1, 0.15) is 0 Å². The zero-order chi connectivity index (χ0) is 15.7. The van der Waals surface area contributed by atoms with Gasteiger partial charge in [0.05, 0.1) is 24.4 Å². The third-order valence-electron chi connectivity index (χ3n) is 6.62. The summed E-state index contributed by atoms with van der Waals surface area (Å²) in [5.74, 6) is 2.58. The van der Waals surface area contributed by atoms with Crippen LogP contribution >= 0.6 is 0 Å². The van der Waals surface area contributed by atoms with Crippen molar-refractivity contribution in [2.75, 3.05) is 13.7 Å². The van der Waals surface area contributed by atoms with E-state index >= 15 is 0 Å². The lowest BCUT2D eigenvalue weighted by molar-refractivity contribution is -0.111. The molecule has 0 bridgehead atoms.